The van der Waals surface area contributed by atoms with E-state index < -0.39 is 6.10 Å². The van der Waals surface area contributed by atoms with Crippen LogP contribution in [-0.4, -0.2) is 22.7 Å². The van der Waals surface area contributed by atoms with Crippen molar-refractivity contribution in [2.45, 2.75) is 38.8 Å². The number of aromatic nitrogens is 1. The Morgan fingerprint density at radius 2 is 1.71 bits per heavy atom. The summed E-state index contributed by atoms with van der Waals surface area (Å²) >= 11 is 0. The average Bonchev–Trinajstić information content (AvgIpc) is 2.58. The lowest BCUT2D eigenvalue weighted by Crippen LogP contribution is -2.37. The third-order valence-electron chi connectivity index (χ3n) is 3.82. The van der Waals surface area contributed by atoms with Crippen LogP contribution in [0.1, 0.15) is 43.6 Å². The van der Waals surface area contributed by atoms with E-state index in [1.165, 1.54) is 5.56 Å². The van der Waals surface area contributed by atoms with Crippen molar-refractivity contribution >= 4 is 6.03 Å². The predicted molar refractivity (Wildman–Crippen MR) is 94.6 cm³/mol. The number of carbonyl (C=O) groups excluding carboxylic acids is 1. The first-order valence-corrected chi connectivity index (χ1v) is 8.05. The van der Waals surface area contributed by atoms with Gasteiger partial charge in [-0.3, -0.25) is 4.98 Å². The summed E-state index contributed by atoms with van der Waals surface area (Å²) in [6.07, 6.45) is 2.63. The largest absolute Gasteiger partial charge is 0.387 e. The molecule has 0 fully saturated rings. The molecule has 2 amide bonds. The standard InChI is InChI=1S/C19H25N3O2/c1-19(2,3)16-6-4-15(5-7-16)17(23)13-22-18(24)21-12-14-8-10-20-11-9-14/h4-11,17,23H,12-13H2,1-3H3,(H2,21,22,24)/t17-/m1/s1. The van der Waals surface area contributed by atoms with Crippen LogP contribution >= 0.6 is 0 Å². The highest BCUT2D eigenvalue weighted by atomic mass is 16.3. The average molecular weight is 327 g/mol. The summed E-state index contributed by atoms with van der Waals surface area (Å²) in [5, 5.41) is 15.6. The number of aliphatic hydroxyl groups is 1. The van der Waals surface area contributed by atoms with Crippen LogP contribution < -0.4 is 10.6 Å². The Kier molecular flexibility index (Phi) is 5.93. The lowest BCUT2D eigenvalue weighted by Gasteiger charge is -2.20. The molecule has 1 heterocycles. The fourth-order valence-corrected chi connectivity index (χ4v) is 2.26. The second kappa shape index (κ2) is 7.93. The Morgan fingerprint density at radius 3 is 2.29 bits per heavy atom. The molecule has 1 aromatic heterocycles. The molecule has 24 heavy (non-hydrogen) atoms. The van der Waals surface area contributed by atoms with Gasteiger partial charge in [-0.15, -0.1) is 0 Å². The van der Waals surface area contributed by atoms with E-state index in [1.54, 1.807) is 12.4 Å². The van der Waals surface area contributed by atoms with Crippen LogP contribution in [0, 0.1) is 0 Å². The minimum atomic E-state index is -0.731. The van der Waals surface area contributed by atoms with E-state index in [4.69, 9.17) is 0 Å². The fraction of sp³-hybridized carbons (Fsp3) is 0.368. The summed E-state index contributed by atoms with van der Waals surface area (Å²) in [5.41, 5.74) is 3.05. The van der Waals surface area contributed by atoms with Crippen molar-refractivity contribution < 1.29 is 9.90 Å². The smallest absolute Gasteiger partial charge is 0.315 e. The van der Waals surface area contributed by atoms with Gasteiger partial charge < -0.3 is 15.7 Å². The van der Waals surface area contributed by atoms with Gasteiger partial charge in [-0.2, -0.15) is 0 Å². The maximum Gasteiger partial charge on any atom is 0.315 e. The van der Waals surface area contributed by atoms with Crippen molar-refractivity contribution in [1.29, 1.82) is 0 Å². The third kappa shape index (κ3) is 5.35. The Bertz CT molecular complexity index is 649. The van der Waals surface area contributed by atoms with Crippen LogP contribution in [0.3, 0.4) is 0 Å². The molecule has 0 aliphatic heterocycles. The maximum absolute atomic E-state index is 11.8. The van der Waals surface area contributed by atoms with Crippen LogP contribution in [0.4, 0.5) is 4.79 Å². The lowest BCUT2D eigenvalue weighted by molar-refractivity contribution is 0.173. The zero-order chi connectivity index (χ0) is 17.6. The second-order valence-corrected chi connectivity index (χ2v) is 6.81. The highest BCUT2D eigenvalue weighted by Crippen LogP contribution is 2.23. The quantitative estimate of drug-likeness (QED) is 0.790. The highest BCUT2D eigenvalue weighted by molar-refractivity contribution is 5.73. The van der Waals surface area contributed by atoms with Gasteiger partial charge >= 0.3 is 6.03 Å². The predicted octanol–water partition coefficient (Wildman–Crippen LogP) is 2.91. The van der Waals surface area contributed by atoms with Crippen LogP contribution in [-0.2, 0) is 12.0 Å². The van der Waals surface area contributed by atoms with Crippen molar-refractivity contribution in [3.8, 4) is 0 Å². The molecule has 0 saturated carbocycles. The Morgan fingerprint density at radius 1 is 1.08 bits per heavy atom. The molecule has 2 rings (SSSR count). The molecule has 2 aromatic rings. The molecule has 0 unspecified atom stereocenters. The van der Waals surface area contributed by atoms with E-state index in [-0.39, 0.29) is 18.0 Å². The summed E-state index contributed by atoms with van der Waals surface area (Å²) in [6, 6.07) is 11.2. The number of hydrogen-bond acceptors (Lipinski definition) is 3. The molecule has 5 heteroatoms. The molecule has 5 nitrogen and oxygen atoms in total. The van der Waals surface area contributed by atoms with E-state index in [2.05, 4.69) is 36.4 Å². The monoisotopic (exact) mass is 327 g/mol. The van der Waals surface area contributed by atoms with E-state index in [0.29, 0.717) is 6.54 Å². The fourth-order valence-electron chi connectivity index (χ4n) is 2.26. The SMILES string of the molecule is CC(C)(C)c1ccc([C@H](O)CNC(=O)NCc2ccncc2)cc1. The number of carbonyl (C=O) groups is 1. The molecule has 0 saturated heterocycles. The third-order valence-corrected chi connectivity index (χ3v) is 3.82. The molecule has 0 radical (unpaired) electrons. The molecular weight excluding hydrogens is 302 g/mol. The molecule has 0 aliphatic carbocycles. The van der Waals surface area contributed by atoms with Gasteiger partial charge in [0.25, 0.3) is 0 Å². The lowest BCUT2D eigenvalue weighted by atomic mass is 9.86. The number of amides is 2. The zero-order valence-electron chi connectivity index (χ0n) is 14.4. The number of nitrogens with zero attached hydrogens (tertiary/aromatic N) is 1. The summed E-state index contributed by atoms with van der Waals surface area (Å²) in [6.45, 7) is 7.02. The van der Waals surface area contributed by atoms with Crippen molar-refractivity contribution in [1.82, 2.24) is 15.6 Å². The summed E-state index contributed by atoms with van der Waals surface area (Å²) < 4.78 is 0. The molecule has 0 bridgehead atoms. The van der Waals surface area contributed by atoms with Crippen molar-refractivity contribution in [2.75, 3.05) is 6.54 Å². The number of nitrogens with one attached hydrogen (secondary N) is 2. The molecule has 1 atom stereocenters. The Labute approximate surface area is 143 Å². The topological polar surface area (TPSA) is 74.2 Å². The first-order chi connectivity index (χ1) is 11.4. The molecular formula is C19H25N3O2. The van der Waals surface area contributed by atoms with Gasteiger partial charge in [0.1, 0.15) is 0 Å². The van der Waals surface area contributed by atoms with E-state index in [1.807, 2.05) is 36.4 Å². The van der Waals surface area contributed by atoms with Crippen molar-refractivity contribution in [3.05, 3.63) is 65.5 Å². The molecule has 128 valence electrons. The maximum atomic E-state index is 11.8. The number of hydrogen-bond donors (Lipinski definition) is 3. The van der Waals surface area contributed by atoms with Gasteiger partial charge in [0.15, 0.2) is 0 Å². The second-order valence-electron chi connectivity index (χ2n) is 6.81. The van der Waals surface area contributed by atoms with Gasteiger partial charge in [-0.1, -0.05) is 45.0 Å². The van der Waals surface area contributed by atoms with Gasteiger partial charge in [0.05, 0.1) is 6.10 Å². The number of pyridine rings is 1. The number of aliphatic hydroxyl groups excluding tert-OH is 1. The highest BCUT2D eigenvalue weighted by Gasteiger charge is 2.15. The summed E-state index contributed by atoms with van der Waals surface area (Å²) in [7, 11) is 0. The van der Waals surface area contributed by atoms with Crippen molar-refractivity contribution in [2.24, 2.45) is 0 Å². The van der Waals surface area contributed by atoms with Gasteiger partial charge in [0.2, 0.25) is 0 Å². The number of urea groups is 1. The first-order valence-electron chi connectivity index (χ1n) is 8.05. The summed E-state index contributed by atoms with van der Waals surface area (Å²) in [4.78, 5) is 15.7. The normalized spacial score (nSPS) is 12.5. The summed E-state index contributed by atoms with van der Waals surface area (Å²) in [5.74, 6) is 0. The first kappa shape index (κ1) is 17.9. The van der Waals surface area contributed by atoms with Gasteiger partial charge in [0, 0.05) is 25.5 Å². The molecule has 0 aliphatic rings. The number of rotatable bonds is 5. The zero-order valence-corrected chi connectivity index (χ0v) is 14.4. The van der Waals surface area contributed by atoms with Gasteiger partial charge in [-0.05, 0) is 34.2 Å². The van der Waals surface area contributed by atoms with Crippen LogP contribution in [0.5, 0.6) is 0 Å². The van der Waals surface area contributed by atoms with Gasteiger partial charge in [-0.25, -0.2) is 4.79 Å². The molecule has 3 N–H and O–H groups in total. The Balaban J connectivity index is 1.80. The molecule has 0 spiro atoms. The van der Waals surface area contributed by atoms with Crippen molar-refractivity contribution in [3.63, 3.8) is 0 Å². The number of benzene rings is 1. The van der Waals surface area contributed by atoms with Crippen LogP contribution in [0.15, 0.2) is 48.8 Å². The van der Waals surface area contributed by atoms with Crippen LogP contribution in [0.25, 0.3) is 0 Å². The minimum absolute atomic E-state index is 0.0780. The molecule has 1 aromatic carbocycles. The van der Waals surface area contributed by atoms with E-state index in [9.17, 15) is 9.90 Å². The van der Waals surface area contributed by atoms with E-state index >= 15 is 0 Å². The van der Waals surface area contributed by atoms with Crippen LogP contribution in [0.2, 0.25) is 0 Å². The minimum Gasteiger partial charge on any atom is -0.387 e. The van der Waals surface area contributed by atoms with E-state index in [0.717, 1.165) is 11.1 Å². The Hall–Kier alpha value is -2.40.